The molecule has 21 heavy (non-hydrogen) atoms. The first kappa shape index (κ1) is 19.3. The molecule has 1 aliphatic heterocycles. The van der Waals surface area contributed by atoms with Crippen LogP contribution in [-0.4, -0.2) is 28.7 Å². The predicted octanol–water partition coefficient (Wildman–Crippen LogP) is 5.01. The Bertz CT molecular complexity index is 280. The molecule has 1 heterocycles. The minimum Gasteiger partial charge on any atom is -0.251 e. The number of hydrogen-bond donors (Lipinski definition) is 1. The van der Waals surface area contributed by atoms with Crippen molar-refractivity contribution in [2.24, 2.45) is 23.7 Å². The average molecular weight is 315 g/mol. The number of hydrazine groups is 1. The van der Waals surface area contributed by atoms with Gasteiger partial charge in [0.15, 0.2) is 0 Å². The van der Waals surface area contributed by atoms with E-state index in [-0.39, 0.29) is 0 Å². The molecule has 3 unspecified atom stereocenters. The second kappa shape index (κ2) is 9.42. The third-order valence-electron chi connectivity index (χ3n) is 4.88. The van der Waals surface area contributed by atoms with Gasteiger partial charge in [-0.15, -0.1) is 11.8 Å². The van der Waals surface area contributed by atoms with Crippen molar-refractivity contribution in [3.63, 3.8) is 0 Å². The first-order chi connectivity index (χ1) is 9.92. The lowest BCUT2D eigenvalue weighted by atomic mass is 9.76. The van der Waals surface area contributed by atoms with Gasteiger partial charge in [-0.3, -0.25) is 5.43 Å². The number of nitrogens with one attached hydrogen (secondary N) is 1. The normalized spacial score (nSPS) is 32.4. The highest BCUT2D eigenvalue weighted by molar-refractivity contribution is 7.99. The van der Waals surface area contributed by atoms with E-state index in [9.17, 15) is 0 Å². The second-order valence-electron chi connectivity index (χ2n) is 7.44. The molecule has 2 nitrogen and oxygen atoms in total. The Morgan fingerprint density at radius 1 is 1.14 bits per heavy atom. The fourth-order valence-electron chi connectivity index (χ4n) is 3.72. The van der Waals surface area contributed by atoms with Gasteiger partial charge < -0.3 is 0 Å². The highest BCUT2D eigenvalue weighted by Crippen LogP contribution is 2.35. The van der Waals surface area contributed by atoms with Gasteiger partial charge in [0.25, 0.3) is 0 Å². The van der Waals surface area contributed by atoms with E-state index in [1.54, 1.807) is 0 Å². The minimum absolute atomic E-state index is 0.604. The van der Waals surface area contributed by atoms with Crippen molar-refractivity contribution in [2.75, 3.05) is 12.3 Å². The fraction of sp³-hybridized carbons (Fsp3) is 1.00. The summed E-state index contributed by atoms with van der Waals surface area (Å²) < 4.78 is 0. The second-order valence-corrected chi connectivity index (χ2v) is 8.65. The summed E-state index contributed by atoms with van der Waals surface area (Å²) in [5.74, 6) is 4.28. The van der Waals surface area contributed by atoms with Gasteiger partial charge in [0.05, 0.1) is 5.37 Å². The molecule has 1 saturated heterocycles. The molecule has 0 aromatic heterocycles. The van der Waals surface area contributed by atoms with E-state index in [4.69, 9.17) is 0 Å². The summed E-state index contributed by atoms with van der Waals surface area (Å²) in [5.41, 5.74) is 3.97. The van der Waals surface area contributed by atoms with Gasteiger partial charge in [0, 0.05) is 12.6 Å². The summed E-state index contributed by atoms with van der Waals surface area (Å²) in [5, 5.41) is 3.20. The van der Waals surface area contributed by atoms with Crippen LogP contribution in [-0.2, 0) is 0 Å². The summed E-state index contributed by atoms with van der Waals surface area (Å²) in [6.45, 7) is 17.8. The van der Waals surface area contributed by atoms with Gasteiger partial charge in [-0.2, -0.15) is 0 Å². The highest BCUT2D eigenvalue weighted by Gasteiger charge is 2.36. The lowest BCUT2D eigenvalue weighted by Crippen LogP contribution is -2.57. The van der Waals surface area contributed by atoms with E-state index in [2.05, 4.69) is 70.7 Å². The maximum atomic E-state index is 3.97. The molecule has 0 bridgehead atoms. The van der Waals surface area contributed by atoms with Gasteiger partial charge in [-0.1, -0.05) is 54.9 Å². The Kier molecular flexibility index (Phi) is 8.66. The molecule has 0 aromatic carbocycles. The van der Waals surface area contributed by atoms with Crippen LogP contribution in [0.1, 0.15) is 67.7 Å². The van der Waals surface area contributed by atoms with Crippen LogP contribution in [0.5, 0.6) is 0 Å². The maximum absolute atomic E-state index is 3.97. The Balaban J connectivity index is 2.94. The zero-order valence-corrected chi connectivity index (χ0v) is 16.2. The molecule has 126 valence electrons. The Hall–Kier alpha value is 0.270. The Morgan fingerprint density at radius 2 is 1.81 bits per heavy atom. The first-order valence-electron chi connectivity index (χ1n) is 9.06. The van der Waals surface area contributed by atoms with Gasteiger partial charge >= 0.3 is 0 Å². The molecule has 1 N–H and O–H groups in total. The molecular formula is C18H38N2S. The van der Waals surface area contributed by atoms with Gasteiger partial charge in [-0.25, -0.2) is 5.01 Å². The predicted molar refractivity (Wildman–Crippen MR) is 97.4 cm³/mol. The molecular weight excluding hydrogens is 276 g/mol. The topological polar surface area (TPSA) is 15.3 Å². The minimum atomic E-state index is 0.604. The number of thioether (sulfide) groups is 1. The molecule has 0 saturated carbocycles. The molecule has 3 heteroatoms. The van der Waals surface area contributed by atoms with Crippen molar-refractivity contribution in [2.45, 2.75) is 79.1 Å². The molecule has 0 aromatic rings. The molecule has 0 spiro atoms. The summed E-state index contributed by atoms with van der Waals surface area (Å²) >= 11 is 2.16. The van der Waals surface area contributed by atoms with Crippen molar-refractivity contribution in [3.8, 4) is 0 Å². The molecule has 1 rings (SSSR count). The SMILES string of the molecule is CCCCN1N[C@H](C(C)C)C(C(C)C)C(C)CSC1CC. The van der Waals surface area contributed by atoms with Gasteiger partial charge in [0.1, 0.15) is 0 Å². The monoisotopic (exact) mass is 314 g/mol. The summed E-state index contributed by atoms with van der Waals surface area (Å²) in [4.78, 5) is 0. The summed E-state index contributed by atoms with van der Waals surface area (Å²) in [7, 11) is 0. The summed E-state index contributed by atoms with van der Waals surface area (Å²) in [6.07, 6.45) is 3.79. The van der Waals surface area contributed by atoms with Crippen LogP contribution >= 0.6 is 11.8 Å². The van der Waals surface area contributed by atoms with Crippen LogP contribution in [0, 0.1) is 23.7 Å². The molecule has 0 radical (unpaired) electrons. The van der Waals surface area contributed by atoms with Crippen LogP contribution in [0.4, 0.5) is 0 Å². The van der Waals surface area contributed by atoms with Crippen molar-refractivity contribution < 1.29 is 0 Å². The van der Waals surface area contributed by atoms with E-state index < -0.39 is 0 Å². The molecule has 1 aliphatic rings. The van der Waals surface area contributed by atoms with E-state index in [1.165, 1.54) is 31.6 Å². The smallest absolute Gasteiger partial charge is 0.0694 e. The van der Waals surface area contributed by atoms with E-state index in [0.29, 0.717) is 17.3 Å². The van der Waals surface area contributed by atoms with Crippen LogP contribution < -0.4 is 5.43 Å². The van der Waals surface area contributed by atoms with Gasteiger partial charge in [-0.05, 0) is 42.3 Å². The molecule has 4 atom stereocenters. The average Bonchev–Trinajstić information content (AvgIpc) is 2.40. The third-order valence-corrected chi connectivity index (χ3v) is 6.57. The summed E-state index contributed by atoms with van der Waals surface area (Å²) in [6, 6.07) is 0.604. The Labute approximate surface area is 137 Å². The quantitative estimate of drug-likeness (QED) is 0.742. The van der Waals surface area contributed by atoms with Crippen LogP contribution in [0.3, 0.4) is 0 Å². The standard InChI is InChI=1S/C18H38N2S/c1-8-10-11-20-16(9-2)21-12-15(7)17(13(3)4)18(19-20)14(5)6/h13-19H,8-12H2,1-7H3/t15?,16?,17?,18-/m1/s1. The van der Waals surface area contributed by atoms with Crippen LogP contribution in [0.15, 0.2) is 0 Å². The fourth-order valence-corrected chi connectivity index (χ4v) is 5.05. The zero-order chi connectivity index (χ0) is 16.0. The van der Waals surface area contributed by atoms with E-state index in [0.717, 1.165) is 17.8 Å². The maximum Gasteiger partial charge on any atom is 0.0694 e. The first-order valence-corrected chi connectivity index (χ1v) is 10.1. The molecule has 1 fully saturated rings. The third kappa shape index (κ3) is 5.44. The number of nitrogens with zero attached hydrogens (tertiary/aromatic N) is 1. The molecule has 0 aliphatic carbocycles. The van der Waals surface area contributed by atoms with Crippen LogP contribution in [0.25, 0.3) is 0 Å². The number of hydrogen-bond acceptors (Lipinski definition) is 3. The van der Waals surface area contributed by atoms with Crippen molar-refractivity contribution in [1.82, 2.24) is 10.4 Å². The van der Waals surface area contributed by atoms with Crippen molar-refractivity contribution >= 4 is 11.8 Å². The van der Waals surface area contributed by atoms with Crippen molar-refractivity contribution in [1.29, 1.82) is 0 Å². The lowest BCUT2D eigenvalue weighted by Gasteiger charge is -2.45. The van der Waals surface area contributed by atoms with Gasteiger partial charge in [0.2, 0.25) is 0 Å². The molecule has 0 amide bonds. The Morgan fingerprint density at radius 3 is 2.29 bits per heavy atom. The lowest BCUT2D eigenvalue weighted by molar-refractivity contribution is 0.0575. The number of rotatable bonds is 6. The van der Waals surface area contributed by atoms with E-state index >= 15 is 0 Å². The van der Waals surface area contributed by atoms with Crippen molar-refractivity contribution in [3.05, 3.63) is 0 Å². The zero-order valence-electron chi connectivity index (χ0n) is 15.4. The highest BCUT2D eigenvalue weighted by atomic mass is 32.2. The number of unbranched alkanes of at least 4 members (excludes halogenated alkanes) is 1. The largest absolute Gasteiger partial charge is 0.251 e. The van der Waals surface area contributed by atoms with E-state index in [1.807, 2.05) is 0 Å². The van der Waals surface area contributed by atoms with Crippen LogP contribution in [0.2, 0.25) is 0 Å².